The second-order valence-electron chi connectivity index (χ2n) is 8.57. The number of aryl methyl sites for hydroxylation is 1. The van der Waals surface area contributed by atoms with E-state index in [9.17, 15) is 9.59 Å². The van der Waals surface area contributed by atoms with E-state index in [0.29, 0.717) is 36.8 Å². The first-order valence-corrected chi connectivity index (χ1v) is 12.8. The molecule has 35 heavy (non-hydrogen) atoms. The van der Waals surface area contributed by atoms with Crippen molar-refractivity contribution in [3.8, 4) is 0 Å². The molecule has 0 N–H and O–H groups in total. The third-order valence-electron chi connectivity index (χ3n) is 6.21. The molecule has 1 amide bonds. The van der Waals surface area contributed by atoms with Crippen LogP contribution in [0.1, 0.15) is 42.8 Å². The van der Waals surface area contributed by atoms with E-state index in [1.54, 1.807) is 12.1 Å². The number of carbonyl (C=O) groups is 2. The highest BCUT2D eigenvalue weighted by Gasteiger charge is 2.26. The molecule has 184 valence electrons. The average Bonchev–Trinajstić information content (AvgIpc) is 3.32. The van der Waals surface area contributed by atoms with Gasteiger partial charge in [-0.15, -0.1) is 11.3 Å². The lowest BCUT2D eigenvalue weighted by atomic mass is 10.1. The summed E-state index contributed by atoms with van der Waals surface area (Å²) in [7, 11) is 1.37. The Hall–Kier alpha value is -2.71. The summed E-state index contributed by atoms with van der Waals surface area (Å²) in [6.45, 7) is 6.07. The van der Waals surface area contributed by atoms with Gasteiger partial charge in [-0.3, -0.25) is 9.69 Å². The zero-order chi connectivity index (χ0) is 24.8. The van der Waals surface area contributed by atoms with Crippen LogP contribution in [-0.2, 0) is 16.1 Å². The largest absolute Gasteiger partial charge is 0.465 e. The number of ether oxygens (including phenoxy) is 2. The predicted octanol–water partition coefficient (Wildman–Crippen LogP) is 5.21. The van der Waals surface area contributed by atoms with Gasteiger partial charge in [0.1, 0.15) is 0 Å². The highest BCUT2D eigenvalue weighted by atomic mass is 35.5. The van der Waals surface area contributed by atoms with Crippen molar-refractivity contribution in [3.63, 3.8) is 0 Å². The number of esters is 1. The maximum atomic E-state index is 12.9. The first-order valence-electron chi connectivity index (χ1n) is 11.5. The summed E-state index contributed by atoms with van der Waals surface area (Å²) < 4.78 is 11.1. The molecule has 1 atom stereocenters. The van der Waals surface area contributed by atoms with Gasteiger partial charge in [0.2, 0.25) is 0 Å². The highest BCUT2D eigenvalue weighted by molar-refractivity contribution is 7.12. The lowest BCUT2D eigenvalue weighted by Crippen LogP contribution is -2.49. The van der Waals surface area contributed by atoms with Gasteiger partial charge >= 0.3 is 5.97 Å². The Morgan fingerprint density at radius 1 is 1.00 bits per heavy atom. The number of hydrogen-bond acceptors (Lipinski definition) is 6. The first-order chi connectivity index (χ1) is 16.9. The van der Waals surface area contributed by atoms with E-state index in [1.807, 2.05) is 59.7 Å². The molecule has 1 aromatic heterocycles. The number of methoxy groups -OCH3 is 1. The molecule has 0 bridgehead atoms. The fourth-order valence-corrected chi connectivity index (χ4v) is 5.11. The van der Waals surface area contributed by atoms with E-state index in [1.165, 1.54) is 18.4 Å². The minimum Gasteiger partial charge on any atom is -0.465 e. The van der Waals surface area contributed by atoms with Crippen molar-refractivity contribution in [3.05, 3.63) is 92.1 Å². The number of hydrogen-bond donors (Lipinski definition) is 0. The van der Waals surface area contributed by atoms with Crippen molar-refractivity contribution in [1.29, 1.82) is 0 Å². The van der Waals surface area contributed by atoms with E-state index < -0.39 is 0 Å². The van der Waals surface area contributed by atoms with Gasteiger partial charge in [0, 0.05) is 37.7 Å². The zero-order valence-electron chi connectivity index (χ0n) is 19.9. The van der Waals surface area contributed by atoms with Crippen LogP contribution < -0.4 is 0 Å². The van der Waals surface area contributed by atoms with Gasteiger partial charge in [-0.2, -0.15) is 0 Å². The van der Waals surface area contributed by atoms with Gasteiger partial charge in [-0.25, -0.2) is 4.79 Å². The second-order valence-corrected chi connectivity index (χ2v) is 9.92. The predicted molar refractivity (Wildman–Crippen MR) is 138 cm³/mol. The van der Waals surface area contributed by atoms with E-state index in [0.717, 1.165) is 34.7 Å². The Labute approximate surface area is 215 Å². The first kappa shape index (κ1) is 25.4. The maximum absolute atomic E-state index is 12.9. The van der Waals surface area contributed by atoms with Crippen LogP contribution in [0.2, 0.25) is 5.02 Å². The molecule has 0 spiro atoms. The Kier molecular flexibility index (Phi) is 8.57. The molecular formula is C27H29ClN2O4S. The molecular weight excluding hydrogens is 484 g/mol. The summed E-state index contributed by atoms with van der Waals surface area (Å²) in [5, 5.41) is 2.65. The summed E-state index contributed by atoms with van der Waals surface area (Å²) in [5.41, 5.74) is 3.57. The van der Waals surface area contributed by atoms with Gasteiger partial charge < -0.3 is 14.4 Å². The lowest BCUT2D eigenvalue weighted by Gasteiger charge is -2.36. The van der Waals surface area contributed by atoms with Crippen molar-refractivity contribution < 1.29 is 19.1 Å². The highest BCUT2D eigenvalue weighted by Crippen LogP contribution is 2.24. The van der Waals surface area contributed by atoms with E-state index in [4.69, 9.17) is 21.1 Å². The van der Waals surface area contributed by atoms with Crippen molar-refractivity contribution in [2.24, 2.45) is 0 Å². The molecule has 0 saturated carbocycles. The number of amides is 1. The van der Waals surface area contributed by atoms with Crippen LogP contribution in [0.5, 0.6) is 0 Å². The standard InChI is InChI=1S/C27H29ClN2O4S/c1-19-11-16-35-25(19)26(31)30-14-12-29(13-15-30)17-24(21-7-9-23(28)10-8-21)34-18-20-3-5-22(6-4-20)27(32)33-2/h3-11,16,24H,12-15,17-18H2,1-2H3. The quantitative estimate of drug-likeness (QED) is 0.388. The van der Waals surface area contributed by atoms with Gasteiger partial charge in [0.15, 0.2) is 0 Å². The Morgan fingerprint density at radius 3 is 2.29 bits per heavy atom. The number of rotatable bonds is 8. The smallest absolute Gasteiger partial charge is 0.337 e. The van der Waals surface area contributed by atoms with Crippen molar-refractivity contribution in [2.45, 2.75) is 19.6 Å². The molecule has 0 aliphatic carbocycles. The minimum atomic E-state index is -0.358. The van der Waals surface area contributed by atoms with Crippen LogP contribution >= 0.6 is 22.9 Å². The maximum Gasteiger partial charge on any atom is 0.337 e. The summed E-state index contributed by atoms with van der Waals surface area (Å²) in [4.78, 5) is 29.7. The van der Waals surface area contributed by atoms with Gasteiger partial charge in [-0.05, 0) is 59.3 Å². The van der Waals surface area contributed by atoms with Gasteiger partial charge in [0.05, 0.1) is 30.3 Å². The fourth-order valence-electron chi connectivity index (χ4n) is 4.09. The number of thiophene rings is 1. The summed E-state index contributed by atoms with van der Waals surface area (Å²) in [6, 6.07) is 17.0. The average molecular weight is 513 g/mol. The second kappa shape index (κ2) is 11.8. The monoisotopic (exact) mass is 512 g/mol. The molecule has 6 nitrogen and oxygen atoms in total. The van der Waals surface area contributed by atoms with E-state index in [2.05, 4.69) is 4.90 Å². The van der Waals surface area contributed by atoms with Crippen LogP contribution in [0.3, 0.4) is 0 Å². The molecule has 0 radical (unpaired) electrons. The molecule has 1 saturated heterocycles. The lowest BCUT2D eigenvalue weighted by molar-refractivity contribution is 0.00345. The van der Waals surface area contributed by atoms with Crippen LogP contribution in [0.25, 0.3) is 0 Å². The summed E-state index contributed by atoms with van der Waals surface area (Å²) in [6.07, 6.45) is -0.158. The van der Waals surface area contributed by atoms with Crippen LogP contribution in [0, 0.1) is 6.92 Å². The molecule has 2 heterocycles. The van der Waals surface area contributed by atoms with E-state index >= 15 is 0 Å². The molecule has 3 aromatic rings. The number of halogens is 1. The van der Waals surface area contributed by atoms with Gasteiger partial charge in [0.25, 0.3) is 5.91 Å². The van der Waals surface area contributed by atoms with Crippen LogP contribution in [0.15, 0.2) is 60.0 Å². The fraction of sp³-hybridized carbons (Fsp3) is 0.333. The summed E-state index contributed by atoms with van der Waals surface area (Å²) >= 11 is 7.61. The number of piperazine rings is 1. The van der Waals surface area contributed by atoms with Crippen molar-refractivity contribution in [2.75, 3.05) is 39.8 Å². The number of nitrogens with zero attached hydrogens (tertiary/aromatic N) is 2. The van der Waals surface area contributed by atoms with Crippen molar-refractivity contribution in [1.82, 2.24) is 9.80 Å². The van der Waals surface area contributed by atoms with Crippen LogP contribution in [-0.4, -0.2) is 61.5 Å². The number of carbonyl (C=O) groups excluding carboxylic acids is 2. The SMILES string of the molecule is COC(=O)c1ccc(COC(CN2CCN(C(=O)c3sccc3C)CC2)c2ccc(Cl)cc2)cc1. The molecule has 4 rings (SSSR count). The Bertz CT molecular complexity index is 1140. The van der Waals surface area contributed by atoms with Crippen LogP contribution in [0.4, 0.5) is 0 Å². The van der Waals surface area contributed by atoms with Gasteiger partial charge in [-0.1, -0.05) is 35.9 Å². The molecule has 1 fully saturated rings. The molecule has 8 heteroatoms. The Balaban J connectivity index is 1.38. The number of benzene rings is 2. The third-order valence-corrected chi connectivity index (χ3v) is 7.46. The Morgan fingerprint density at radius 2 is 1.69 bits per heavy atom. The molecule has 1 aliphatic heterocycles. The molecule has 2 aromatic carbocycles. The minimum absolute atomic E-state index is 0.123. The molecule has 1 aliphatic rings. The zero-order valence-corrected chi connectivity index (χ0v) is 21.5. The van der Waals surface area contributed by atoms with E-state index in [-0.39, 0.29) is 18.0 Å². The topological polar surface area (TPSA) is 59.1 Å². The van der Waals surface area contributed by atoms with Crippen molar-refractivity contribution >= 4 is 34.8 Å². The normalized spacial score (nSPS) is 15.1. The third kappa shape index (κ3) is 6.49. The summed E-state index contributed by atoms with van der Waals surface area (Å²) in [5.74, 6) is -0.235. The molecule has 1 unspecified atom stereocenters.